The lowest BCUT2D eigenvalue weighted by atomic mass is 9.95. The Morgan fingerprint density at radius 1 is 1.29 bits per heavy atom. The van der Waals surface area contributed by atoms with Crippen LogP contribution < -0.4 is 5.73 Å². The van der Waals surface area contributed by atoms with Crippen LogP contribution in [0.5, 0.6) is 0 Å². The molecule has 0 heterocycles. The molecule has 2 unspecified atom stereocenters. The van der Waals surface area contributed by atoms with Crippen molar-refractivity contribution in [1.29, 1.82) is 0 Å². The molecule has 4 heteroatoms. The molecule has 2 rings (SSSR count). The van der Waals surface area contributed by atoms with Crippen LogP contribution in [0.1, 0.15) is 37.7 Å². The topological polar surface area (TPSA) is 61.5 Å². The number of hydrogen-bond acceptors (Lipinski definition) is 4. The highest BCUT2D eigenvalue weighted by atomic mass is 16.5. The maximum absolute atomic E-state index is 12.0. The van der Waals surface area contributed by atoms with Gasteiger partial charge < -0.3 is 15.2 Å². The van der Waals surface area contributed by atoms with Gasteiger partial charge in [0.1, 0.15) is 12.1 Å². The van der Waals surface area contributed by atoms with Gasteiger partial charge in [-0.25, -0.2) is 0 Å². The number of methoxy groups -OCH3 is 1. The Bertz CT molecular complexity index is 435. The fourth-order valence-corrected chi connectivity index (χ4v) is 2.76. The Labute approximate surface area is 126 Å². The van der Waals surface area contributed by atoms with Crippen LogP contribution >= 0.6 is 0 Å². The number of hydrogen-bond donors (Lipinski definition) is 1. The first-order chi connectivity index (χ1) is 10.2. The first kappa shape index (κ1) is 16.0. The predicted octanol–water partition coefficient (Wildman–Crippen LogP) is 2.45. The molecule has 0 saturated heterocycles. The second kappa shape index (κ2) is 8.15. The van der Waals surface area contributed by atoms with Crippen molar-refractivity contribution < 1.29 is 14.3 Å². The summed E-state index contributed by atoms with van der Waals surface area (Å²) in [7, 11) is 1.71. The molecule has 116 valence electrons. The molecular formula is C17H25NO3. The SMILES string of the molecule is COC1CCCC(OC(=O)[C@@H](N)CCc2ccccc2)C1. The van der Waals surface area contributed by atoms with Gasteiger partial charge in [-0.1, -0.05) is 30.3 Å². The van der Waals surface area contributed by atoms with Crippen LogP contribution in [0.15, 0.2) is 30.3 Å². The van der Waals surface area contributed by atoms with Gasteiger partial charge in [0.05, 0.1) is 6.10 Å². The van der Waals surface area contributed by atoms with Crippen LogP contribution in [0.2, 0.25) is 0 Å². The Balaban J connectivity index is 1.74. The molecule has 1 saturated carbocycles. The summed E-state index contributed by atoms with van der Waals surface area (Å²) < 4.78 is 10.9. The van der Waals surface area contributed by atoms with Crippen molar-refractivity contribution in [3.8, 4) is 0 Å². The van der Waals surface area contributed by atoms with Gasteiger partial charge >= 0.3 is 5.97 Å². The molecule has 4 nitrogen and oxygen atoms in total. The second-order valence-corrected chi connectivity index (χ2v) is 5.71. The molecule has 0 aliphatic heterocycles. The van der Waals surface area contributed by atoms with Crippen LogP contribution in [0.3, 0.4) is 0 Å². The third kappa shape index (κ3) is 5.14. The first-order valence-corrected chi connectivity index (χ1v) is 7.72. The van der Waals surface area contributed by atoms with Gasteiger partial charge in [0.2, 0.25) is 0 Å². The fraction of sp³-hybridized carbons (Fsp3) is 0.588. The third-order valence-electron chi connectivity index (χ3n) is 4.08. The van der Waals surface area contributed by atoms with E-state index in [0.29, 0.717) is 6.42 Å². The van der Waals surface area contributed by atoms with Gasteiger partial charge in [-0.3, -0.25) is 4.79 Å². The van der Waals surface area contributed by atoms with Gasteiger partial charge in [-0.15, -0.1) is 0 Å². The van der Waals surface area contributed by atoms with E-state index in [9.17, 15) is 4.79 Å². The van der Waals surface area contributed by atoms with Gasteiger partial charge in [0.25, 0.3) is 0 Å². The zero-order chi connectivity index (χ0) is 15.1. The van der Waals surface area contributed by atoms with Crippen molar-refractivity contribution in [3.63, 3.8) is 0 Å². The highest BCUT2D eigenvalue weighted by Crippen LogP contribution is 2.23. The summed E-state index contributed by atoms with van der Waals surface area (Å²) in [6, 6.07) is 9.50. The van der Waals surface area contributed by atoms with Crippen molar-refractivity contribution in [1.82, 2.24) is 0 Å². The number of carbonyl (C=O) groups is 1. The lowest BCUT2D eigenvalue weighted by Gasteiger charge is -2.28. The fourth-order valence-electron chi connectivity index (χ4n) is 2.76. The number of nitrogens with two attached hydrogens (primary N) is 1. The zero-order valence-corrected chi connectivity index (χ0v) is 12.7. The van der Waals surface area contributed by atoms with E-state index in [1.54, 1.807) is 7.11 Å². The molecule has 3 atom stereocenters. The minimum atomic E-state index is -0.548. The Kier molecular flexibility index (Phi) is 6.21. The van der Waals surface area contributed by atoms with Gasteiger partial charge in [-0.2, -0.15) is 0 Å². The molecule has 0 aromatic heterocycles. The third-order valence-corrected chi connectivity index (χ3v) is 4.08. The van der Waals surface area contributed by atoms with Crippen LogP contribution in [-0.4, -0.2) is 31.3 Å². The van der Waals surface area contributed by atoms with E-state index in [-0.39, 0.29) is 18.2 Å². The first-order valence-electron chi connectivity index (χ1n) is 7.72. The number of rotatable bonds is 6. The minimum Gasteiger partial charge on any atom is -0.461 e. The molecule has 1 aliphatic carbocycles. The molecular weight excluding hydrogens is 266 g/mol. The van der Waals surface area contributed by atoms with Crippen molar-refractivity contribution in [3.05, 3.63) is 35.9 Å². The van der Waals surface area contributed by atoms with E-state index < -0.39 is 6.04 Å². The van der Waals surface area contributed by atoms with E-state index in [1.165, 1.54) is 5.56 Å². The van der Waals surface area contributed by atoms with Gasteiger partial charge in [0, 0.05) is 13.5 Å². The lowest BCUT2D eigenvalue weighted by molar-refractivity contribution is -0.154. The largest absolute Gasteiger partial charge is 0.461 e. The summed E-state index contributed by atoms with van der Waals surface area (Å²) in [5.74, 6) is -0.285. The summed E-state index contributed by atoms with van der Waals surface area (Å²) in [5, 5.41) is 0. The molecule has 1 aromatic rings. The van der Waals surface area contributed by atoms with Crippen LogP contribution in [0, 0.1) is 0 Å². The van der Waals surface area contributed by atoms with E-state index in [4.69, 9.17) is 15.2 Å². The standard InChI is InChI=1S/C17H25NO3/c1-20-14-8-5-9-15(12-14)21-17(19)16(18)11-10-13-6-3-2-4-7-13/h2-4,6-7,14-16H,5,8-12,18H2,1H3/t14?,15?,16-/m0/s1. The normalized spacial score (nSPS) is 23.5. The Hall–Kier alpha value is -1.39. The average molecular weight is 291 g/mol. The lowest BCUT2D eigenvalue weighted by Crippen LogP contribution is -2.37. The smallest absolute Gasteiger partial charge is 0.323 e. The number of benzene rings is 1. The van der Waals surface area contributed by atoms with E-state index >= 15 is 0 Å². The molecule has 1 aromatic carbocycles. The van der Waals surface area contributed by atoms with E-state index in [0.717, 1.165) is 32.1 Å². The molecule has 0 bridgehead atoms. The van der Waals surface area contributed by atoms with Crippen molar-refractivity contribution >= 4 is 5.97 Å². The van der Waals surface area contributed by atoms with Crippen molar-refractivity contribution in [2.24, 2.45) is 5.73 Å². The summed E-state index contributed by atoms with van der Waals surface area (Å²) >= 11 is 0. The van der Waals surface area contributed by atoms with Crippen LogP contribution in [0.25, 0.3) is 0 Å². The van der Waals surface area contributed by atoms with Crippen molar-refractivity contribution in [2.75, 3.05) is 7.11 Å². The van der Waals surface area contributed by atoms with Gasteiger partial charge in [0.15, 0.2) is 0 Å². The van der Waals surface area contributed by atoms with E-state index in [1.807, 2.05) is 30.3 Å². The molecule has 21 heavy (non-hydrogen) atoms. The predicted molar refractivity (Wildman–Crippen MR) is 81.9 cm³/mol. The molecule has 0 radical (unpaired) electrons. The summed E-state index contributed by atoms with van der Waals surface area (Å²) in [4.78, 5) is 12.0. The molecule has 1 fully saturated rings. The van der Waals surface area contributed by atoms with Crippen LogP contribution in [0.4, 0.5) is 0 Å². The van der Waals surface area contributed by atoms with Gasteiger partial charge in [-0.05, 0) is 37.7 Å². The number of aryl methyl sites for hydroxylation is 1. The monoisotopic (exact) mass is 291 g/mol. The zero-order valence-electron chi connectivity index (χ0n) is 12.7. The van der Waals surface area contributed by atoms with Crippen LogP contribution in [-0.2, 0) is 20.7 Å². The summed E-state index contributed by atoms with van der Waals surface area (Å²) in [5.41, 5.74) is 7.14. The second-order valence-electron chi connectivity index (χ2n) is 5.71. The number of esters is 1. The van der Waals surface area contributed by atoms with Crippen molar-refractivity contribution in [2.45, 2.75) is 56.8 Å². The average Bonchev–Trinajstić information content (AvgIpc) is 2.53. The summed E-state index contributed by atoms with van der Waals surface area (Å²) in [6.07, 6.45) is 5.35. The Morgan fingerprint density at radius 3 is 2.71 bits per heavy atom. The maximum atomic E-state index is 12.0. The quantitative estimate of drug-likeness (QED) is 0.818. The summed E-state index contributed by atoms with van der Waals surface area (Å²) in [6.45, 7) is 0. The van der Waals surface area contributed by atoms with E-state index in [2.05, 4.69) is 0 Å². The Morgan fingerprint density at radius 2 is 2.00 bits per heavy atom. The molecule has 0 spiro atoms. The molecule has 2 N–H and O–H groups in total. The maximum Gasteiger partial charge on any atom is 0.323 e. The number of ether oxygens (including phenoxy) is 2. The number of carbonyl (C=O) groups excluding carboxylic acids is 1. The minimum absolute atomic E-state index is 0.0426. The highest BCUT2D eigenvalue weighted by Gasteiger charge is 2.26. The molecule has 0 amide bonds. The molecule has 1 aliphatic rings. The highest BCUT2D eigenvalue weighted by molar-refractivity contribution is 5.75.